The summed E-state index contributed by atoms with van der Waals surface area (Å²) in [6.07, 6.45) is 4.75. The third-order valence-corrected chi connectivity index (χ3v) is 6.36. The van der Waals surface area contributed by atoms with Crippen LogP contribution in [-0.4, -0.2) is 44.1 Å². The highest BCUT2D eigenvalue weighted by molar-refractivity contribution is 6.16. The zero-order valence-electron chi connectivity index (χ0n) is 18.9. The van der Waals surface area contributed by atoms with Gasteiger partial charge in [0.1, 0.15) is 5.69 Å². The number of aliphatic hydroxyl groups is 1. The number of rotatable bonds is 3. The van der Waals surface area contributed by atoms with Crippen LogP contribution in [0, 0.1) is 6.92 Å². The molecule has 1 fully saturated rings. The molecular weight excluding hydrogens is 428 g/mol. The molecule has 2 aromatic carbocycles. The van der Waals surface area contributed by atoms with Crippen LogP contribution in [0.4, 0.5) is 0 Å². The number of aliphatic hydroxyl groups excluding tert-OH is 1. The summed E-state index contributed by atoms with van der Waals surface area (Å²) in [6.45, 7) is 1.94. The van der Waals surface area contributed by atoms with Gasteiger partial charge in [-0.3, -0.25) is 19.7 Å². The fourth-order valence-electron chi connectivity index (χ4n) is 4.52. The second-order valence-electron chi connectivity index (χ2n) is 8.92. The first-order valence-electron chi connectivity index (χ1n) is 11.5. The number of fused-ring (bicyclic) bond motifs is 3. The Morgan fingerprint density at radius 2 is 1.88 bits per heavy atom. The third-order valence-electron chi connectivity index (χ3n) is 6.36. The molecule has 0 saturated heterocycles. The van der Waals surface area contributed by atoms with Gasteiger partial charge in [0.05, 0.1) is 11.6 Å². The summed E-state index contributed by atoms with van der Waals surface area (Å²) in [5.74, 6) is 0.0940. The van der Waals surface area contributed by atoms with E-state index in [0.717, 1.165) is 58.2 Å². The van der Waals surface area contributed by atoms with Crippen LogP contribution in [0.2, 0.25) is 0 Å². The van der Waals surface area contributed by atoms with Crippen LogP contribution in [0.15, 0.2) is 60.8 Å². The van der Waals surface area contributed by atoms with Gasteiger partial charge < -0.3 is 10.4 Å². The molecule has 3 N–H and O–H groups in total. The maximum absolute atomic E-state index is 12.7. The number of nitrogens with one attached hydrogen (secondary N) is 2. The molecule has 2 heterocycles. The van der Waals surface area contributed by atoms with Gasteiger partial charge in [0, 0.05) is 45.6 Å². The van der Waals surface area contributed by atoms with E-state index in [1.165, 1.54) is 0 Å². The predicted octanol–water partition coefficient (Wildman–Crippen LogP) is 4.20. The van der Waals surface area contributed by atoms with E-state index in [1.54, 1.807) is 12.3 Å². The second kappa shape index (κ2) is 9.19. The number of H-pyrrole nitrogens is 1. The van der Waals surface area contributed by atoms with Gasteiger partial charge >= 0.3 is 0 Å². The first-order chi connectivity index (χ1) is 16.5. The Morgan fingerprint density at radius 3 is 2.56 bits per heavy atom. The molecule has 2 atom stereocenters. The molecule has 7 nitrogen and oxygen atoms in total. The van der Waals surface area contributed by atoms with E-state index in [9.17, 15) is 14.7 Å². The molecule has 1 saturated carbocycles. The van der Waals surface area contributed by atoms with Gasteiger partial charge in [-0.2, -0.15) is 5.10 Å². The lowest BCUT2D eigenvalue weighted by atomic mass is 9.92. The molecule has 3 aliphatic carbocycles. The van der Waals surface area contributed by atoms with E-state index in [1.807, 2.05) is 55.5 Å². The Labute approximate surface area is 197 Å². The van der Waals surface area contributed by atoms with Crippen LogP contribution in [0.5, 0.6) is 0 Å². The molecule has 2 unspecified atom stereocenters. The molecule has 1 amide bonds. The predicted molar refractivity (Wildman–Crippen MR) is 130 cm³/mol. The summed E-state index contributed by atoms with van der Waals surface area (Å²) in [4.78, 5) is 27.5. The molecule has 0 aliphatic heterocycles. The number of aromatic nitrogens is 3. The van der Waals surface area contributed by atoms with Crippen molar-refractivity contribution in [3.05, 3.63) is 83.2 Å². The van der Waals surface area contributed by atoms with Gasteiger partial charge in [-0.1, -0.05) is 18.2 Å². The molecule has 4 aromatic rings. The number of hydrogen-bond acceptors (Lipinski definition) is 5. The topological polar surface area (TPSA) is 108 Å². The zero-order valence-corrected chi connectivity index (χ0v) is 18.9. The van der Waals surface area contributed by atoms with Crippen LogP contribution in [-0.2, 0) is 0 Å². The molecule has 7 rings (SSSR count). The summed E-state index contributed by atoms with van der Waals surface area (Å²) in [6, 6.07) is 16.9. The van der Waals surface area contributed by atoms with Gasteiger partial charge in [0.15, 0.2) is 5.78 Å². The van der Waals surface area contributed by atoms with Gasteiger partial charge in [0.2, 0.25) is 0 Å². The minimum Gasteiger partial charge on any atom is -0.393 e. The summed E-state index contributed by atoms with van der Waals surface area (Å²) < 4.78 is 0. The highest BCUT2D eigenvalue weighted by Crippen LogP contribution is 2.27. The highest BCUT2D eigenvalue weighted by atomic mass is 16.3. The summed E-state index contributed by atoms with van der Waals surface area (Å²) in [5, 5.41) is 21.2. The normalized spacial score (nSPS) is 18.6. The van der Waals surface area contributed by atoms with Crippen molar-refractivity contribution in [3.8, 4) is 11.3 Å². The van der Waals surface area contributed by atoms with Crippen molar-refractivity contribution >= 4 is 22.6 Å². The number of nitrogens with zero attached hydrogens (tertiary/aromatic N) is 2. The standard InChI is InChI=1S/C20H22N4O2.C7H4O/c1-12-9-13(7-8-21-12)19-17-10-14(5-6-18(17)23-24-19)20(26)22-15-3-2-4-16(25)11-15;8-7-5-2-1-3-6(7)4-5/h5-10,15-16,25H,2-4,11H2,1H3,(H,22,26)(H,23,24);1-4H. The lowest BCUT2D eigenvalue weighted by Crippen LogP contribution is -2.39. The second-order valence-corrected chi connectivity index (χ2v) is 8.92. The van der Waals surface area contributed by atoms with Gasteiger partial charge in [-0.15, -0.1) is 0 Å². The average molecular weight is 455 g/mol. The van der Waals surface area contributed by atoms with E-state index >= 15 is 0 Å². The molecule has 172 valence electrons. The summed E-state index contributed by atoms with van der Waals surface area (Å²) in [5.41, 5.74) is 5.89. The monoisotopic (exact) mass is 454 g/mol. The minimum absolute atomic E-state index is 0.0358. The molecule has 3 aliphatic rings. The van der Waals surface area contributed by atoms with Crippen LogP contribution >= 0.6 is 0 Å². The van der Waals surface area contributed by atoms with Crippen LogP contribution in [0.25, 0.3) is 22.2 Å². The minimum atomic E-state index is -0.313. The molecule has 0 spiro atoms. The maximum atomic E-state index is 12.7. The lowest BCUT2D eigenvalue weighted by molar-refractivity contribution is 0.0849. The number of carbonyl (C=O) groups excluding carboxylic acids is 2. The van der Waals surface area contributed by atoms with Crippen molar-refractivity contribution in [2.45, 2.75) is 44.8 Å². The number of aromatic amines is 1. The maximum Gasteiger partial charge on any atom is 0.251 e. The fraction of sp³-hybridized carbons (Fsp3) is 0.259. The molecule has 0 radical (unpaired) electrons. The highest BCUT2D eigenvalue weighted by Gasteiger charge is 2.22. The SMILES string of the molecule is Cc1cc(-c2n[nH]c3ccc(C(=O)NC4CCCC(O)C4)cc23)ccn1.O=C1c2cccc1c2. The number of carbonyl (C=O) groups is 2. The smallest absolute Gasteiger partial charge is 0.251 e. The summed E-state index contributed by atoms with van der Waals surface area (Å²) in [7, 11) is 0. The Balaban J connectivity index is 0.000000252. The Kier molecular flexibility index (Phi) is 5.94. The van der Waals surface area contributed by atoms with E-state index in [2.05, 4.69) is 20.5 Å². The van der Waals surface area contributed by atoms with Crippen LogP contribution < -0.4 is 5.32 Å². The third kappa shape index (κ3) is 4.47. The van der Waals surface area contributed by atoms with Crippen molar-refractivity contribution in [2.24, 2.45) is 0 Å². The van der Waals surface area contributed by atoms with E-state index in [-0.39, 0.29) is 23.8 Å². The number of pyridine rings is 1. The van der Waals surface area contributed by atoms with Crippen LogP contribution in [0.1, 0.15) is 57.7 Å². The molecular formula is C27H26N4O3. The van der Waals surface area contributed by atoms with Gasteiger partial charge in [-0.25, -0.2) is 0 Å². The molecule has 34 heavy (non-hydrogen) atoms. The van der Waals surface area contributed by atoms with E-state index < -0.39 is 0 Å². The van der Waals surface area contributed by atoms with Gasteiger partial charge in [0.25, 0.3) is 5.91 Å². The lowest BCUT2D eigenvalue weighted by Gasteiger charge is -2.26. The van der Waals surface area contributed by atoms with Crippen molar-refractivity contribution in [1.82, 2.24) is 20.5 Å². The van der Waals surface area contributed by atoms with Crippen molar-refractivity contribution in [1.29, 1.82) is 0 Å². The fourth-order valence-corrected chi connectivity index (χ4v) is 4.52. The Hall–Kier alpha value is -3.84. The van der Waals surface area contributed by atoms with E-state index in [0.29, 0.717) is 12.0 Å². The first kappa shape index (κ1) is 22.0. The summed E-state index contributed by atoms with van der Waals surface area (Å²) >= 11 is 0. The quantitative estimate of drug-likeness (QED) is 0.379. The number of ketones is 1. The van der Waals surface area contributed by atoms with Gasteiger partial charge in [-0.05, 0) is 69.0 Å². The molecule has 7 heteroatoms. The first-order valence-corrected chi connectivity index (χ1v) is 11.5. The Bertz CT molecular complexity index is 1350. The number of hydrogen-bond donors (Lipinski definition) is 3. The van der Waals surface area contributed by atoms with Crippen molar-refractivity contribution < 1.29 is 14.7 Å². The number of amides is 1. The molecule has 2 aromatic heterocycles. The van der Waals surface area contributed by atoms with E-state index in [4.69, 9.17) is 0 Å². The number of benzene rings is 2. The Morgan fingerprint density at radius 1 is 1.06 bits per heavy atom. The number of aryl methyl sites for hydroxylation is 1. The largest absolute Gasteiger partial charge is 0.393 e. The van der Waals surface area contributed by atoms with Crippen LogP contribution in [0.3, 0.4) is 0 Å². The average Bonchev–Trinajstić information content (AvgIpc) is 3.28. The molecule has 2 bridgehead atoms. The zero-order chi connectivity index (χ0) is 23.7. The van der Waals surface area contributed by atoms with Crippen molar-refractivity contribution in [2.75, 3.05) is 0 Å². The van der Waals surface area contributed by atoms with Crippen molar-refractivity contribution in [3.63, 3.8) is 0 Å².